The lowest BCUT2D eigenvalue weighted by Crippen LogP contribution is -2.24. The SMILES string of the molecule is CCOc1cc2c(cc1/C=N\NC(=O)COc1ccc(C)c(C)c1)O[C@@H](C)C2. The first-order valence-corrected chi connectivity index (χ1v) is 9.44. The highest BCUT2D eigenvalue weighted by Gasteiger charge is 2.21. The zero-order valence-electron chi connectivity index (χ0n) is 16.7. The molecule has 0 spiro atoms. The number of nitrogens with zero attached hydrogens (tertiary/aromatic N) is 1. The van der Waals surface area contributed by atoms with E-state index in [1.165, 1.54) is 5.56 Å². The monoisotopic (exact) mass is 382 g/mol. The van der Waals surface area contributed by atoms with E-state index in [0.717, 1.165) is 34.6 Å². The van der Waals surface area contributed by atoms with Gasteiger partial charge in [0.15, 0.2) is 6.61 Å². The zero-order valence-corrected chi connectivity index (χ0v) is 16.7. The zero-order chi connectivity index (χ0) is 20.1. The fraction of sp³-hybridized carbons (Fsp3) is 0.364. The van der Waals surface area contributed by atoms with E-state index in [4.69, 9.17) is 14.2 Å². The molecule has 0 aliphatic carbocycles. The molecule has 0 saturated heterocycles. The summed E-state index contributed by atoms with van der Waals surface area (Å²) in [5, 5.41) is 4.03. The van der Waals surface area contributed by atoms with Crippen molar-refractivity contribution in [1.29, 1.82) is 0 Å². The minimum atomic E-state index is -0.335. The van der Waals surface area contributed by atoms with E-state index in [-0.39, 0.29) is 18.6 Å². The molecule has 2 aromatic rings. The molecule has 0 saturated carbocycles. The van der Waals surface area contributed by atoms with Crippen LogP contribution in [0.15, 0.2) is 35.4 Å². The molecule has 0 bridgehead atoms. The molecule has 1 amide bonds. The highest BCUT2D eigenvalue weighted by Crippen LogP contribution is 2.34. The number of aryl methyl sites for hydroxylation is 2. The molecule has 0 fully saturated rings. The van der Waals surface area contributed by atoms with Crippen molar-refractivity contribution < 1.29 is 19.0 Å². The topological polar surface area (TPSA) is 69.2 Å². The first-order valence-electron chi connectivity index (χ1n) is 9.44. The second-order valence-electron chi connectivity index (χ2n) is 6.89. The third-order valence-corrected chi connectivity index (χ3v) is 4.57. The minimum absolute atomic E-state index is 0.108. The van der Waals surface area contributed by atoms with Gasteiger partial charge in [-0.2, -0.15) is 5.10 Å². The van der Waals surface area contributed by atoms with Gasteiger partial charge in [-0.15, -0.1) is 0 Å². The number of amides is 1. The van der Waals surface area contributed by atoms with Gasteiger partial charge in [-0.25, -0.2) is 5.43 Å². The summed E-state index contributed by atoms with van der Waals surface area (Å²) in [5.74, 6) is 1.88. The first-order chi connectivity index (χ1) is 13.5. The maximum atomic E-state index is 12.0. The van der Waals surface area contributed by atoms with Crippen molar-refractivity contribution >= 4 is 12.1 Å². The number of benzene rings is 2. The molecule has 0 unspecified atom stereocenters. The standard InChI is InChI=1S/C22H26N2O4/c1-5-26-20-10-17-9-16(4)28-21(17)11-18(20)12-23-24-22(25)13-27-19-7-6-14(2)15(3)8-19/h6-8,10-12,16H,5,9,13H2,1-4H3,(H,24,25)/b23-12-/t16-/m0/s1. The summed E-state index contributed by atoms with van der Waals surface area (Å²) >= 11 is 0. The van der Waals surface area contributed by atoms with Crippen LogP contribution in [-0.2, 0) is 11.2 Å². The third-order valence-electron chi connectivity index (χ3n) is 4.57. The Morgan fingerprint density at radius 1 is 1.25 bits per heavy atom. The lowest BCUT2D eigenvalue weighted by Gasteiger charge is -2.10. The lowest BCUT2D eigenvalue weighted by atomic mass is 10.1. The molecule has 2 aromatic carbocycles. The van der Waals surface area contributed by atoms with Crippen LogP contribution in [0.4, 0.5) is 0 Å². The Labute approximate surface area is 165 Å². The van der Waals surface area contributed by atoms with E-state index >= 15 is 0 Å². The van der Waals surface area contributed by atoms with Gasteiger partial charge in [0.2, 0.25) is 0 Å². The average molecular weight is 382 g/mol. The molecule has 148 valence electrons. The summed E-state index contributed by atoms with van der Waals surface area (Å²) in [7, 11) is 0. The van der Waals surface area contributed by atoms with E-state index < -0.39 is 0 Å². The van der Waals surface area contributed by atoms with Gasteiger partial charge in [-0.1, -0.05) is 6.07 Å². The maximum absolute atomic E-state index is 12.0. The Balaban J connectivity index is 1.59. The summed E-state index contributed by atoms with van der Waals surface area (Å²) < 4.78 is 17.0. The average Bonchev–Trinajstić information content (AvgIpc) is 3.02. The van der Waals surface area contributed by atoms with Crippen LogP contribution >= 0.6 is 0 Å². The molecular formula is C22H26N2O4. The van der Waals surface area contributed by atoms with Crippen molar-refractivity contribution in [3.63, 3.8) is 0 Å². The Kier molecular flexibility index (Phi) is 6.19. The van der Waals surface area contributed by atoms with Crippen molar-refractivity contribution in [2.75, 3.05) is 13.2 Å². The van der Waals surface area contributed by atoms with Crippen LogP contribution in [0.3, 0.4) is 0 Å². The number of hydrogen-bond donors (Lipinski definition) is 1. The number of nitrogens with one attached hydrogen (secondary N) is 1. The van der Waals surface area contributed by atoms with Crippen LogP contribution in [0.25, 0.3) is 0 Å². The third kappa shape index (κ3) is 4.82. The number of hydrazone groups is 1. The number of ether oxygens (including phenoxy) is 3. The molecule has 1 atom stereocenters. The van der Waals surface area contributed by atoms with E-state index in [2.05, 4.69) is 10.5 Å². The quantitative estimate of drug-likeness (QED) is 0.587. The van der Waals surface area contributed by atoms with Crippen molar-refractivity contribution in [3.8, 4) is 17.2 Å². The normalized spacial score (nSPS) is 15.2. The summed E-state index contributed by atoms with van der Waals surface area (Å²) in [6, 6.07) is 9.59. The van der Waals surface area contributed by atoms with Gasteiger partial charge < -0.3 is 14.2 Å². The number of carbonyl (C=O) groups is 1. The smallest absolute Gasteiger partial charge is 0.277 e. The van der Waals surface area contributed by atoms with E-state index in [1.807, 2.05) is 58.0 Å². The fourth-order valence-electron chi connectivity index (χ4n) is 3.00. The molecule has 0 radical (unpaired) electrons. The lowest BCUT2D eigenvalue weighted by molar-refractivity contribution is -0.123. The van der Waals surface area contributed by atoms with Gasteiger partial charge in [-0.3, -0.25) is 4.79 Å². The van der Waals surface area contributed by atoms with E-state index in [1.54, 1.807) is 6.21 Å². The molecule has 3 rings (SSSR count). The summed E-state index contributed by atoms with van der Waals surface area (Å²) in [4.78, 5) is 12.0. The predicted molar refractivity (Wildman–Crippen MR) is 109 cm³/mol. The molecule has 28 heavy (non-hydrogen) atoms. The van der Waals surface area contributed by atoms with Crippen LogP contribution in [0.5, 0.6) is 17.2 Å². The van der Waals surface area contributed by atoms with Crippen LogP contribution < -0.4 is 19.6 Å². The van der Waals surface area contributed by atoms with Gasteiger partial charge >= 0.3 is 0 Å². The number of rotatable bonds is 7. The fourth-order valence-corrected chi connectivity index (χ4v) is 3.00. The molecule has 1 N–H and O–H groups in total. The second kappa shape index (κ2) is 8.78. The van der Waals surface area contributed by atoms with Crippen molar-refractivity contribution in [3.05, 3.63) is 52.6 Å². The van der Waals surface area contributed by atoms with Gasteiger partial charge in [-0.05, 0) is 63.1 Å². The molecule has 1 aliphatic rings. The second-order valence-corrected chi connectivity index (χ2v) is 6.89. The van der Waals surface area contributed by atoms with Crippen molar-refractivity contribution in [2.45, 2.75) is 40.2 Å². The van der Waals surface area contributed by atoms with Gasteiger partial charge in [0.05, 0.1) is 12.8 Å². The molecular weight excluding hydrogens is 356 g/mol. The van der Waals surface area contributed by atoms with E-state index in [9.17, 15) is 4.79 Å². The minimum Gasteiger partial charge on any atom is -0.493 e. The Hall–Kier alpha value is -3.02. The Bertz CT molecular complexity index is 892. The van der Waals surface area contributed by atoms with Crippen LogP contribution in [0.1, 0.15) is 36.1 Å². The van der Waals surface area contributed by atoms with Crippen LogP contribution in [-0.4, -0.2) is 31.4 Å². The van der Waals surface area contributed by atoms with Gasteiger partial charge in [0.25, 0.3) is 5.91 Å². The highest BCUT2D eigenvalue weighted by molar-refractivity contribution is 5.86. The molecule has 1 heterocycles. The Morgan fingerprint density at radius 3 is 2.82 bits per heavy atom. The molecule has 0 aromatic heterocycles. The molecule has 1 aliphatic heterocycles. The van der Waals surface area contributed by atoms with Crippen LogP contribution in [0, 0.1) is 13.8 Å². The van der Waals surface area contributed by atoms with E-state index in [0.29, 0.717) is 12.4 Å². The number of carbonyl (C=O) groups excluding carboxylic acids is 1. The predicted octanol–water partition coefficient (Wildman–Crippen LogP) is 3.55. The summed E-state index contributed by atoms with van der Waals surface area (Å²) in [6.45, 7) is 8.43. The maximum Gasteiger partial charge on any atom is 0.277 e. The summed E-state index contributed by atoms with van der Waals surface area (Å²) in [5.41, 5.74) is 6.66. The Morgan fingerprint density at radius 2 is 2.07 bits per heavy atom. The number of hydrogen-bond acceptors (Lipinski definition) is 5. The largest absolute Gasteiger partial charge is 0.493 e. The van der Waals surface area contributed by atoms with Crippen molar-refractivity contribution in [1.82, 2.24) is 5.43 Å². The number of fused-ring (bicyclic) bond motifs is 1. The molecule has 6 nitrogen and oxygen atoms in total. The van der Waals surface area contributed by atoms with Gasteiger partial charge in [0, 0.05) is 17.5 Å². The highest BCUT2D eigenvalue weighted by atomic mass is 16.5. The van der Waals surface area contributed by atoms with Gasteiger partial charge in [0.1, 0.15) is 23.4 Å². The van der Waals surface area contributed by atoms with Crippen LogP contribution in [0.2, 0.25) is 0 Å². The molecule has 6 heteroatoms. The first kappa shape index (κ1) is 19.7. The van der Waals surface area contributed by atoms with Crippen molar-refractivity contribution in [2.24, 2.45) is 5.10 Å². The summed E-state index contributed by atoms with van der Waals surface area (Å²) in [6.07, 6.45) is 2.57.